The fourth-order valence-electron chi connectivity index (χ4n) is 7.68. The topological polar surface area (TPSA) is 131 Å². The SMILES string of the molecule is c1c(OCCCC2CO2)c(OCCCC2CO2)cc2c1c1cc(OCCC3CO3)c(OCCCC3CO3)cc1c1cc(OCCCC3CO3)c(OCCC3CO3)cc21. The normalized spacial score (nSPS) is 24.8. The molecule has 0 aliphatic carbocycles. The zero-order chi connectivity index (χ0) is 38.7. The first-order valence-corrected chi connectivity index (χ1v) is 21.7. The van der Waals surface area contributed by atoms with Crippen LogP contribution < -0.4 is 28.4 Å². The van der Waals surface area contributed by atoms with Crippen molar-refractivity contribution in [2.75, 3.05) is 79.3 Å². The lowest BCUT2D eigenvalue weighted by Crippen LogP contribution is -2.06. The Hall–Kier alpha value is -3.78. The van der Waals surface area contributed by atoms with Crippen LogP contribution in [0.3, 0.4) is 0 Å². The van der Waals surface area contributed by atoms with E-state index in [9.17, 15) is 0 Å². The van der Waals surface area contributed by atoms with Gasteiger partial charge in [0.05, 0.1) is 116 Å². The monoisotopic (exact) mass is 800 g/mol. The van der Waals surface area contributed by atoms with Crippen molar-refractivity contribution in [1.82, 2.24) is 0 Å². The van der Waals surface area contributed by atoms with Crippen molar-refractivity contribution in [3.8, 4) is 34.5 Å². The third-order valence-electron chi connectivity index (χ3n) is 11.6. The third kappa shape index (κ3) is 10.5. The van der Waals surface area contributed by atoms with Crippen molar-refractivity contribution in [1.29, 1.82) is 0 Å². The van der Waals surface area contributed by atoms with E-state index in [1.165, 1.54) is 0 Å². The Labute approximate surface area is 339 Å². The molecule has 0 spiro atoms. The summed E-state index contributed by atoms with van der Waals surface area (Å²) in [6.07, 6.45) is 11.1. The van der Waals surface area contributed by atoms with Crippen LogP contribution in [0.25, 0.3) is 32.3 Å². The molecule has 6 atom stereocenters. The largest absolute Gasteiger partial charge is 0.490 e. The molecule has 6 saturated heterocycles. The minimum atomic E-state index is 0.262. The average Bonchev–Trinajstić information content (AvgIpc) is 4.01. The van der Waals surface area contributed by atoms with Gasteiger partial charge in [0.2, 0.25) is 0 Å². The molecule has 0 aromatic heterocycles. The molecule has 12 nitrogen and oxygen atoms in total. The molecule has 0 saturated carbocycles. The zero-order valence-electron chi connectivity index (χ0n) is 33.4. The van der Waals surface area contributed by atoms with Crippen LogP contribution in [-0.4, -0.2) is 116 Å². The van der Waals surface area contributed by atoms with Crippen molar-refractivity contribution in [2.24, 2.45) is 0 Å². The van der Waals surface area contributed by atoms with Gasteiger partial charge in [-0.05, 0) is 120 Å². The molecule has 10 rings (SSSR count). The number of ether oxygens (including phenoxy) is 12. The average molecular weight is 801 g/mol. The van der Waals surface area contributed by atoms with Crippen LogP contribution >= 0.6 is 0 Å². The summed E-state index contributed by atoms with van der Waals surface area (Å²) in [6.45, 7) is 8.29. The lowest BCUT2D eigenvalue weighted by Gasteiger charge is -2.20. The quantitative estimate of drug-likeness (QED) is 0.0317. The lowest BCUT2D eigenvalue weighted by molar-refractivity contribution is 0.249. The summed E-state index contributed by atoms with van der Waals surface area (Å²) in [5, 5.41) is 6.19. The van der Waals surface area contributed by atoms with Crippen LogP contribution in [0.15, 0.2) is 36.4 Å². The predicted octanol–water partition coefficient (Wildman–Crippen LogP) is 7.71. The van der Waals surface area contributed by atoms with E-state index in [2.05, 4.69) is 36.4 Å². The zero-order valence-corrected chi connectivity index (χ0v) is 33.4. The first-order valence-electron chi connectivity index (χ1n) is 21.7. The number of benzene rings is 4. The van der Waals surface area contributed by atoms with Crippen molar-refractivity contribution < 1.29 is 56.8 Å². The van der Waals surface area contributed by atoms with Crippen LogP contribution in [0.1, 0.15) is 64.2 Å². The molecule has 4 aromatic rings. The second-order valence-corrected chi connectivity index (χ2v) is 16.5. The lowest BCUT2D eigenvalue weighted by atomic mass is 9.93. The fourth-order valence-corrected chi connectivity index (χ4v) is 7.68. The molecule has 4 aromatic carbocycles. The van der Waals surface area contributed by atoms with Gasteiger partial charge in [0, 0.05) is 12.8 Å². The Bertz CT molecular complexity index is 1860. The molecule has 312 valence electrons. The molecule has 0 radical (unpaired) electrons. The molecular weight excluding hydrogens is 744 g/mol. The summed E-state index contributed by atoms with van der Waals surface area (Å²) in [6, 6.07) is 12.9. The van der Waals surface area contributed by atoms with E-state index in [-0.39, 0.29) is 12.2 Å². The second-order valence-electron chi connectivity index (χ2n) is 16.5. The van der Waals surface area contributed by atoms with Crippen LogP contribution in [0.2, 0.25) is 0 Å². The molecule has 12 heteroatoms. The summed E-state index contributed by atoms with van der Waals surface area (Å²) in [4.78, 5) is 0. The van der Waals surface area contributed by atoms with Gasteiger partial charge in [0.15, 0.2) is 34.5 Å². The second kappa shape index (κ2) is 17.8. The van der Waals surface area contributed by atoms with Gasteiger partial charge in [0.1, 0.15) is 0 Å². The van der Waals surface area contributed by atoms with Gasteiger partial charge in [-0.15, -0.1) is 0 Å². The summed E-state index contributed by atoms with van der Waals surface area (Å²) < 4.78 is 72.2. The molecular formula is C46H56O12. The Morgan fingerprint density at radius 1 is 0.293 bits per heavy atom. The van der Waals surface area contributed by atoms with Crippen molar-refractivity contribution >= 4 is 32.3 Å². The van der Waals surface area contributed by atoms with Gasteiger partial charge in [-0.3, -0.25) is 0 Å². The van der Waals surface area contributed by atoms with Crippen LogP contribution in [0.5, 0.6) is 34.5 Å². The van der Waals surface area contributed by atoms with Gasteiger partial charge < -0.3 is 56.8 Å². The van der Waals surface area contributed by atoms with Gasteiger partial charge >= 0.3 is 0 Å². The van der Waals surface area contributed by atoms with E-state index in [1.807, 2.05) is 0 Å². The summed E-state index contributed by atoms with van der Waals surface area (Å²) in [5.74, 6) is 4.32. The Balaban J connectivity index is 1.06. The van der Waals surface area contributed by atoms with Gasteiger partial charge in [-0.25, -0.2) is 0 Å². The summed E-state index contributed by atoms with van der Waals surface area (Å²) in [5.41, 5.74) is 0. The highest BCUT2D eigenvalue weighted by atomic mass is 16.6. The molecule has 6 aliphatic rings. The van der Waals surface area contributed by atoms with E-state index < -0.39 is 0 Å². The molecule has 58 heavy (non-hydrogen) atoms. The van der Waals surface area contributed by atoms with Gasteiger partial charge in [0.25, 0.3) is 0 Å². The number of rotatable bonds is 28. The van der Waals surface area contributed by atoms with E-state index in [0.717, 1.165) is 159 Å². The van der Waals surface area contributed by atoms with E-state index in [0.29, 0.717) is 75.6 Å². The van der Waals surface area contributed by atoms with Crippen LogP contribution in [-0.2, 0) is 28.4 Å². The Kier molecular flexibility index (Phi) is 11.8. The maximum Gasteiger partial charge on any atom is 0.161 e. The predicted molar refractivity (Wildman–Crippen MR) is 217 cm³/mol. The third-order valence-corrected chi connectivity index (χ3v) is 11.6. The molecule has 6 aliphatic heterocycles. The first-order chi connectivity index (χ1) is 28.7. The summed E-state index contributed by atoms with van der Waals surface area (Å²) in [7, 11) is 0. The molecule has 0 bridgehead atoms. The molecule has 0 N–H and O–H groups in total. The molecule has 6 unspecified atom stereocenters. The Morgan fingerprint density at radius 3 is 0.690 bits per heavy atom. The number of fused-ring (bicyclic) bond motifs is 6. The smallest absolute Gasteiger partial charge is 0.161 e. The minimum absolute atomic E-state index is 0.262. The van der Waals surface area contributed by atoms with E-state index >= 15 is 0 Å². The first kappa shape index (κ1) is 38.4. The highest BCUT2D eigenvalue weighted by molar-refractivity contribution is 6.26. The number of hydrogen-bond donors (Lipinski definition) is 0. The standard InChI is InChI=1S/C46H56O12/c1(5-29-23-53-29)11-47-41-17-35-36(18-42(41)48-12-2-6-30-24-54-30)40-22-46(52-16-10-34-28-58-34)44(50-14-4-8-32-26-56-32)20-38(40)37-19-43(49-13-3-7-31-25-55-31)45(21-39(35)37)51-15-9-33-27-57-33/h17-22,29-34H,1-16,23-28H2. The van der Waals surface area contributed by atoms with E-state index in [1.54, 1.807) is 0 Å². The van der Waals surface area contributed by atoms with Crippen molar-refractivity contribution in [2.45, 2.75) is 101 Å². The van der Waals surface area contributed by atoms with Gasteiger partial charge in [-0.1, -0.05) is 0 Å². The Morgan fingerprint density at radius 2 is 0.483 bits per heavy atom. The summed E-state index contributed by atoms with van der Waals surface area (Å²) >= 11 is 0. The van der Waals surface area contributed by atoms with E-state index in [4.69, 9.17) is 56.8 Å². The van der Waals surface area contributed by atoms with Crippen molar-refractivity contribution in [3.63, 3.8) is 0 Å². The number of epoxide rings is 6. The van der Waals surface area contributed by atoms with Crippen LogP contribution in [0, 0.1) is 0 Å². The highest BCUT2D eigenvalue weighted by Crippen LogP contribution is 2.47. The minimum Gasteiger partial charge on any atom is -0.490 e. The maximum atomic E-state index is 6.57. The van der Waals surface area contributed by atoms with Crippen molar-refractivity contribution in [3.05, 3.63) is 36.4 Å². The maximum absolute atomic E-state index is 6.57. The fraction of sp³-hybridized carbons (Fsp3) is 0.609. The number of hydrogen-bond acceptors (Lipinski definition) is 12. The van der Waals surface area contributed by atoms with Crippen LogP contribution in [0.4, 0.5) is 0 Å². The highest BCUT2D eigenvalue weighted by Gasteiger charge is 2.27. The molecule has 6 fully saturated rings. The molecule has 0 amide bonds. The van der Waals surface area contributed by atoms with Gasteiger partial charge in [-0.2, -0.15) is 0 Å². The molecule has 6 heterocycles.